The molecule has 1 aromatic carbocycles. The fourth-order valence-corrected chi connectivity index (χ4v) is 3.04. The van der Waals surface area contributed by atoms with Crippen molar-refractivity contribution in [3.8, 4) is 0 Å². The van der Waals surface area contributed by atoms with E-state index >= 15 is 0 Å². The van der Waals surface area contributed by atoms with Gasteiger partial charge in [-0.1, -0.05) is 18.2 Å². The quantitative estimate of drug-likeness (QED) is 0.531. The number of pyridine rings is 1. The second kappa shape index (κ2) is 6.56. The maximum atomic E-state index is 12.3. The number of anilines is 1. The Balaban J connectivity index is 1.95. The lowest BCUT2D eigenvalue weighted by Gasteiger charge is -2.08. The highest BCUT2D eigenvalue weighted by molar-refractivity contribution is 7.90. The SMILES string of the molecule is CS(=O)(=O)c1ccc(CNc2nc3ccccn3c(=O)c2[N+](=O)[O-])cc1. The van der Waals surface area contributed by atoms with E-state index in [2.05, 4.69) is 10.3 Å². The molecule has 0 aliphatic rings. The largest absolute Gasteiger partial charge is 0.376 e. The van der Waals surface area contributed by atoms with Gasteiger partial charge < -0.3 is 5.32 Å². The molecule has 0 unspecified atom stereocenters. The van der Waals surface area contributed by atoms with Gasteiger partial charge in [-0.05, 0) is 29.8 Å². The van der Waals surface area contributed by atoms with E-state index in [9.17, 15) is 23.3 Å². The Hall–Kier alpha value is -3.27. The Kier molecular flexibility index (Phi) is 4.43. The first kappa shape index (κ1) is 17.5. The van der Waals surface area contributed by atoms with Crippen molar-refractivity contribution in [3.63, 3.8) is 0 Å². The van der Waals surface area contributed by atoms with Gasteiger partial charge in [-0.25, -0.2) is 13.4 Å². The summed E-state index contributed by atoms with van der Waals surface area (Å²) in [6, 6.07) is 10.9. The number of aromatic nitrogens is 2. The molecule has 0 aliphatic heterocycles. The molecule has 0 saturated heterocycles. The van der Waals surface area contributed by atoms with Crippen LogP contribution in [0.1, 0.15) is 5.56 Å². The average molecular weight is 374 g/mol. The lowest BCUT2D eigenvalue weighted by Crippen LogP contribution is -2.21. The molecule has 10 heteroatoms. The summed E-state index contributed by atoms with van der Waals surface area (Å²) in [5.74, 6) is -0.140. The summed E-state index contributed by atoms with van der Waals surface area (Å²) < 4.78 is 24.0. The Labute approximate surface area is 148 Å². The number of benzene rings is 1. The topological polar surface area (TPSA) is 124 Å². The van der Waals surface area contributed by atoms with Crippen LogP contribution in [-0.2, 0) is 16.4 Å². The van der Waals surface area contributed by atoms with Crippen LogP contribution < -0.4 is 10.9 Å². The monoisotopic (exact) mass is 374 g/mol. The molecule has 0 saturated carbocycles. The fourth-order valence-electron chi connectivity index (χ4n) is 2.41. The second-order valence-electron chi connectivity index (χ2n) is 5.57. The molecule has 0 spiro atoms. The number of nitrogens with one attached hydrogen (secondary N) is 1. The van der Waals surface area contributed by atoms with Crippen LogP contribution in [0.3, 0.4) is 0 Å². The molecule has 134 valence electrons. The van der Waals surface area contributed by atoms with E-state index in [4.69, 9.17) is 0 Å². The standard InChI is InChI=1S/C16H14N4O5S/c1-26(24,25)12-7-5-11(6-8-12)10-17-15-14(20(22)23)16(21)19-9-3-2-4-13(19)18-15/h2-9,17H,10H2,1H3. The van der Waals surface area contributed by atoms with E-state index in [0.29, 0.717) is 5.56 Å². The van der Waals surface area contributed by atoms with Crippen LogP contribution >= 0.6 is 0 Å². The van der Waals surface area contributed by atoms with Crippen molar-refractivity contribution in [2.45, 2.75) is 11.4 Å². The van der Waals surface area contributed by atoms with Gasteiger partial charge in [-0.2, -0.15) is 0 Å². The Bertz CT molecular complexity index is 1150. The van der Waals surface area contributed by atoms with Gasteiger partial charge in [0.15, 0.2) is 9.84 Å². The van der Waals surface area contributed by atoms with Gasteiger partial charge in [0.2, 0.25) is 5.82 Å². The lowest BCUT2D eigenvalue weighted by atomic mass is 10.2. The summed E-state index contributed by atoms with van der Waals surface area (Å²) >= 11 is 0. The highest BCUT2D eigenvalue weighted by Crippen LogP contribution is 2.19. The molecule has 3 rings (SSSR count). The number of nitrogens with zero attached hydrogens (tertiary/aromatic N) is 3. The van der Waals surface area contributed by atoms with Gasteiger partial charge >= 0.3 is 11.2 Å². The van der Waals surface area contributed by atoms with E-state index in [0.717, 1.165) is 10.7 Å². The summed E-state index contributed by atoms with van der Waals surface area (Å²) in [6.07, 6.45) is 2.52. The average Bonchev–Trinajstić information content (AvgIpc) is 2.59. The minimum absolute atomic E-state index is 0.139. The van der Waals surface area contributed by atoms with Crippen molar-refractivity contribution in [2.24, 2.45) is 0 Å². The molecule has 2 heterocycles. The summed E-state index contributed by atoms with van der Waals surface area (Å²) in [4.78, 5) is 27.2. The lowest BCUT2D eigenvalue weighted by molar-refractivity contribution is -0.385. The maximum Gasteiger partial charge on any atom is 0.376 e. The molecular formula is C16H14N4O5S. The summed E-state index contributed by atoms with van der Waals surface area (Å²) in [6.45, 7) is 0.139. The first-order valence-corrected chi connectivity index (χ1v) is 9.35. The van der Waals surface area contributed by atoms with Crippen LogP contribution in [0.15, 0.2) is 58.4 Å². The highest BCUT2D eigenvalue weighted by atomic mass is 32.2. The van der Waals surface area contributed by atoms with E-state index in [1.54, 1.807) is 30.3 Å². The fraction of sp³-hybridized carbons (Fsp3) is 0.125. The number of sulfone groups is 1. The Morgan fingerprint density at radius 2 is 1.88 bits per heavy atom. The Morgan fingerprint density at radius 3 is 2.50 bits per heavy atom. The normalized spacial score (nSPS) is 11.4. The van der Waals surface area contributed by atoms with Crippen LogP contribution in [-0.4, -0.2) is 29.0 Å². The molecule has 26 heavy (non-hydrogen) atoms. The summed E-state index contributed by atoms with van der Waals surface area (Å²) in [7, 11) is -3.30. The molecule has 0 fully saturated rings. The zero-order valence-electron chi connectivity index (χ0n) is 13.6. The smallest absolute Gasteiger partial charge is 0.360 e. The first-order valence-electron chi connectivity index (χ1n) is 7.46. The molecule has 2 aromatic heterocycles. The van der Waals surface area contributed by atoms with Crippen molar-refractivity contribution >= 4 is 27.0 Å². The van der Waals surface area contributed by atoms with E-state index in [-0.39, 0.29) is 22.9 Å². The zero-order chi connectivity index (χ0) is 18.9. The number of rotatable bonds is 5. The highest BCUT2D eigenvalue weighted by Gasteiger charge is 2.23. The van der Waals surface area contributed by atoms with Gasteiger partial charge in [-0.3, -0.25) is 19.3 Å². The van der Waals surface area contributed by atoms with Gasteiger partial charge in [-0.15, -0.1) is 0 Å². The minimum atomic E-state index is -3.30. The molecule has 0 radical (unpaired) electrons. The van der Waals surface area contributed by atoms with Crippen molar-refractivity contribution in [3.05, 3.63) is 74.7 Å². The predicted octanol–water partition coefficient (Wildman–Crippen LogP) is 1.62. The minimum Gasteiger partial charge on any atom is -0.360 e. The number of nitro groups is 1. The third-order valence-corrected chi connectivity index (χ3v) is 4.83. The first-order chi connectivity index (χ1) is 12.3. The van der Waals surface area contributed by atoms with Crippen molar-refractivity contribution < 1.29 is 13.3 Å². The van der Waals surface area contributed by atoms with Gasteiger partial charge in [0.25, 0.3) is 0 Å². The van der Waals surface area contributed by atoms with Crippen molar-refractivity contribution in [1.82, 2.24) is 9.38 Å². The van der Waals surface area contributed by atoms with Crippen LogP contribution in [0.25, 0.3) is 5.65 Å². The van der Waals surface area contributed by atoms with Crippen LogP contribution in [0.2, 0.25) is 0 Å². The van der Waals surface area contributed by atoms with Crippen LogP contribution in [0.5, 0.6) is 0 Å². The van der Waals surface area contributed by atoms with Crippen molar-refractivity contribution in [2.75, 3.05) is 11.6 Å². The van der Waals surface area contributed by atoms with Gasteiger partial charge in [0.1, 0.15) is 5.65 Å². The Morgan fingerprint density at radius 1 is 1.19 bits per heavy atom. The molecular weight excluding hydrogens is 360 g/mol. The molecule has 9 nitrogen and oxygen atoms in total. The van der Waals surface area contributed by atoms with Gasteiger partial charge in [0, 0.05) is 19.0 Å². The van der Waals surface area contributed by atoms with Crippen molar-refractivity contribution in [1.29, 1.82) is 0 Å². The molecule has 0 aliphatic carbocycles. The number of fused-ring (bicyclic) bond motifs is 1. The number of hydrogen-bond acceptors (Lipinski definition) is 7. The van der Waals surface area contributed by atoms with E-state index in [1.165, 1.54) is 18.3 Å². The van der Waals surface area contributed by atoms with E-state index in [1.807, 2.05) is 0 Å². The zero-order valence-corrected chi connectivity index (χ0v) is 14.4. The predicted molar refractivity (Wildman–Crippen MR) is 95.0 cm³/mol. The molecule has 3 aromatic rings. The third kappa shape index (κ3) is 3.40. The summed E-state index contributed by atoms with van der Waals surface area (Å²) in [5, 5.41) is 14.1. The number of hydrogen-bond donors (Lipinski definition) is 1. The molecule has 0 amide bonds. The molecule has 0 atom stereocenters. The maximum absolute atomic E-state index is 12.3. The van der Waals surface area contributed by atoms with Crippen LogP contribution in [0, 0.1) is 10.1 Å². The van der Waals surface area contributed by atoms with E-state index < -0.39 is 26.0 Å². The summed E-state index contributed by atoms with van der Waals surface area (Å²) in [5.41, 5.74) is -0.475. The third-order valence-electron chi connectivity index (χ3n) is 3.70. The van der Waals surface area contributed by atoms with Gasteiger partial charge in [0.05, 0.1) is 9.82 Å². The molecule has 0 bridgehead atoms. The van der Waals surface area contributed by atoms with Crippen LogP contribution in [0.4, 0.5) is 11.5 Å². The molecule has 1 N–H and O–H groups in total. The second-order valence-corrected chi connectivity index (χ2v) is 7.59.